The summed E-state index contributed by atoms with van der Waals surface area (Å²) in [6, 6.07) is 4.25. The summed E-state index contributed by atoms with van der Waals surface area (Å²) in [6.45, 7) is 2.07. The molecule has 0 saturated carbocycles. The maximum atomic E-state index is 5.92. The first-order chi connectivity index (χ1) is 9.15. The van der Waals surface area contributed by atoms with Crippen molar-refractivity contribution in [2.75, 3.05) is 11.1 Å². The third kappa shape index (κ3) is 2.12. The van der Waals surface area contributed by atoms with Crippen LogP contribution in [0.3, 0.4) is 0 Å². The summed E-state index contributed by atoms with van der Waals surface area (Å²) in [5.41, 5.74) is 6.65. The molecule has 0 spiro atoms. The average molecular weight is 274 g/mol. The zero-order chi connectivity index (χ0) is 13.4. The molecule has 0 aliphatic carbocycles. The smallest absolute Gasteiger partial charge is 0.227 e. The lowest BCUT2D eigenvalue weighted by Crippen LogP contribution is -2.10. The van der Waals surface area contributed by atoms with Crippen molar-refractivity contribution in [3.63, 3.8) is 0 Å². The van der Waals surface area contributed by atoms with Gasteiger partial charge in [0.25, 0.3) is 0 Å². The van der Waals surface area contributed by atoms with Crippen molar-refractivity contribution in [3.8, 4) is 0 Å². The first kappa shape index (κ1) is 11.9. The van der Waals surface area contributed by atoms with Gasteiger partial charge in [0.15, 0.2) is 5.65 Å². The number of anilines is 2. The summed E-state index contributed by atoms with van der Waals surface area (Å²) in [7, 11) is 1.83. The molecule has 0 fully saturated rings. The number of nitrogens with zero attached hydrogens (tertiary/aromatic N) is 4. The number of nitrogens with one attached hydrogen (secondary N) is 1. The van der Waals surface area contributed by atoms with Crippen LogP contribution in [0.2, 0.25) is 0 Å². The minimum absolute atomic E-state index is 0.144. The molecule has 0 bridgehead atoms. The highest BCUT2D eigenvalue weighted by atomic mass is 32.1. The zero-order valence-electron chi connectivity index (χ0n) is 10.7. The Kier molecular flexibility index (Phi) is 2.83. The minimum atomic E-state index is 0.144. The molecule has 1 unspecified atom stereocenters. The molecule has 6 nitrogen and oxygen atoms in total. The lowest BCUT2D eigenvalue weighted by Gasteiger charge is -2.12. The van der Waals surface area contributed by atoms with Crippen LogP contribution in [-0.2, 0) is 7.05 Å². The second-order valence-corrected chi connectivity index (χ2v) is 5.30. The molecular formula is C12H14N6S. The van der Waals surface area contributed by atoms with Gasteiger partial charge in [-0.1, -0.05) is 6.07 Å². The second kappa shape index (κ2) is 4.51. The number of fused-ring (bicyclic) bond motifs is 1. The molecule has 0 aliphatic rings. The Morgan fingerprint density at radius 2 is 2.26 bits per heavy atom. The maximum Gasteiger partial charge on any atom is 0.227 e. The lowest BCUT2D eigenvalue weighted by molar-refractivity contribution is 0.783. The molecule has 19 heavy (non-hydrogen) atoms. The Morgan fingerprint density at radius 1 is 1.42 bits per heavy atom. The highest BCUT2D eigenvalue weighted by Gasteiger charge is 2.12. The van der Waals surface area contributed by atoms with Gasteiger partial charge in [-0.25, -0.2) is 0 Å². The van der Waals surface area contributed by atoms with Crippen LogP contribution in [0.15, 0.2) is 23.7 Å². The molecule has 3 aromatic rings. The van der Waals surface area contributed by atoms with Gasteiger partial charge < -0.3 is 11.1 Å². The van der Waals surface area contributed by atoms with Gasteiger partial charge in [0.1, 0.15) is 5.82 Å². The molecule has 3 aromatic heterocycles. The number of thiophene rings is 1. The van der Waals surface area contributed by atoms with Crippen LogP contribution in [-0.4, -0.2) is 19.7 Å². The zero-order valence-corrected chi connectivity index (χ0v) is 11.5. The topological polar surface area (TPSA) is 81.6 Å². The van der Waals surface area contributed by atoms with E-state index in [9.17, 15) is 0 Å². The highest BCUT2D eigenvalue weighted by Crippen LogP contribution is 2.24. The Morgan fingerprint density at radius 3 is 3.00 bits per heavy atom. The lowest BCUT2D eigenvalue weighted by atomic mass is 10.3. The number of nitrogen functional groups attached to an aromatic ring is 1. The fourth-order valence-electron chi connectivity index (χ4n) is 1.91. The Labute approximate surface area is 114 Å². The summed E-state index contributed by atoms with van der Waals surface area (Å²) < 4.78 is 1.69. The van der Waals surface area contributed by atoms with Crippen molar-refractivity contribution in [2.24, 2.45) is 7.05 Å². The standard InChI is InChI=1S/C12H14N6S/c1-7(9-4-3-5-19-9)15-12-16-10(13)8-6-14-18(2)11(8)17-12/h3-7H,1-2H3,(H3,13,15,16,17). The summed E-state index contributed by atoms with van der Waals surface area (Å²) in [5.74, 6) is 0.966. The van der Waals surface area contributed by atoms with E-state index in [4.69, 9.17) is 5.73 Å². The van der Waals surface area contributed by atoms with Gasteiger partial charge in [0.2, 0.25) is 5.95 Å². The third-order valence-corrected chi connectivity index (χ3v) is 3.99. The van der Waals surface area contributed by atoms with Crippen LogP contribution < -0.4 is 11.1 Å². The molecule has 98 valence electrons. The van der Waals surface area contributed by atoms with Gasteiger partial charge in [-0.2, -0.15) is 15.1 Å². The van der Waals surface area contributed by atoms with E-state index in [0.29, 0.717) is 11.8 Å². The summed E-state index contributed by atoms with van der Waals surface area (Å²) in [5, 5.41) is 10.2. The average Bonchev–Trinajstić information content (AvgIpc) is 3.00. The van der Waals surface area contributed by atoms with Crippen molar-refractivity contribution >= 4 is 34.1 Å². The number of aromatic nitrogens is 4. The molecule has 1 atom stereocenters. The van der Waals surface area contributed by atoms with E-state index >= 15 is 0 Å². The maximum absolute atomic E-state index is 5.92. The molecule has 0 aromatic carbocycles. The minimum Gasteiger partial charge on any atom is -0.383 e. The van der Waals surface area contributed by atoms with E-state index < -0.39 is 0 Å². The molecule has 7 heteroatoms. The monoisotopic (exact) mass is 274 g/mol. The van der Waals surface area contributed by atoms with Gasteiger partial charge in [-0.15, -0.1) is 11.3 Å². The predicted octanol–water partition coefficient (Wildman–Crippen LogP) is 2.18. The Balaban J connectivity index is 1.95. The van der Waals surface area contributed by atoms with Gasteiger partial charge in [-0.05, 0) is 18.4 Å². The number of rotatable bonds is 3. The molecule has 0 amide bonds. The molecule has 0 aliphatic heterocycles. The SMILES string of the molecule is CC(Nc1nc(N)c2cnn(C)c2n1)c1cccs1. The molecular weight excluding hydrogens is 260 g/mol. The number of hydrogen-bond donors (Lipinski definition) is 2. The first-order valence-electron chi connectivity index (χ1n) is 5.90. The van der Waals surface area contributed by atoms with E-state index in [1.165, 1.54) is 4.88 Å². The molecule has 3 heterocycles. The number of hydrogen-bond acceptors (Lipinski definition) is 6. The van der Waals surface area contributed by atoms with Crippen LogP contribution in [0, 0.1) is 0 Å². The van der Waals surface area contributed by atoms with E-state index in [1.54, 1.807) is 22.2 Å². The number of aryl methyl sites for hydroxylation is 1. The summed E-state index contributed by atoms with van der Waals surface area (Å²) in [4.78, 5) is 9.95. The highest BCUT2D eigenvalue weighted by molar-refractivity contribution is 7.10. The summed E-state index contributed by atoms with van der Waals surface area (Å²) >= 11 is 1.70. The second-order valence-electron chi connectivity index (χ2n) is 4.32. The van der Waals surface area contributed by atoms with E-state index in [2.05, 4.69) is 33.4 Å². The fraction of sp³-hybridized carbons (Fsp3) is 0.250. The number of nitrogens with two attached hydrogens (primary N) is 1. The van der Waals surface area contributed by atoms with Gasteiger partial charge >= 0.3 is 0 Å². The van der Waals surface area contributed by atoms with Gasteiger partial charge in [0.05, 0.1) is 17.6 Å². The van der Waals surface area contributed by atoms with Crippen LogP contribution in [0.4, 0.5) is 11.8 Å². The normalized spacial score (nSPS) is 12.7. The fourth-order valence-corrected chi connectivity index (χ4v) is 2.65. The van der Waals surface area contributed by atoms with Crippen molar-refractivity contribution in [1.29, 1.82) is 0 Å². The van der Waals surface area contributed by atoms with Crippen LogP contribution in [0.1, 0.15) is 17.8 Å². The van der Waals surface area contributed by atoms with Gasteiger partial charge in [-0.3, -0.25) is 4.68 Å². The largest absolute Gasteiger partial charge is 0.383 e. The Hall–Kier alpha value is -2.15. The van der Waals surface area contributed by atoms with Gasteiger partial charge in [0, 0.05) is 11.9 Å². The predicted molar refractivity (Wildman–Crippen MR) is 77.1 cm³/mol. The van der Waals surface area contributed by atoms with Crippen LogP contribution in [0.25, 0.3) is 11.0 Å². The van der Waals surface area contributed by atoms with Crippen molar-refractivity contribution < 1.29 is 0 Å². The van der Waals surface area contributed by atoms with Crippen LogP contribution in [0.5, 0.6) is 0 Å². The molecule has 0 saturated heterocycles. The Bertz CT molecular complexity index is 702. The molecule has 0 radical (unpaired) electrons. The van der Waals surface area contributed by atoms with Crippen molar-refractivity contribution in [1.82, 2.24) is 19.7 Å². The van der Waals surface area contributed by atoms with Crippen LogP contribution >= 0.6 is 11.3 Å². The summed E-state index contributed by atoms with van der Waals surface area (Å²) in [6.07, 6.45) is 1.68. The van der Waals surface area contributed by atoms with Crippen molar-refractivity contribution in [3.05, 3.63) is 28.6 Å². The van der Waals surface area contributed by atoms with E-state index in [0.717, 1.165) is 11.0 Å². The quantitative estimate of drug-likeness (QED) is 0.765. The third-order valence-electron chi connectivity index (χ3n) is 2.94. The molecule has 3 N–H and O–H groups in total. The van der Waals surface area contributed by atoms with E-state index in [-0.39, 0.29) is 6.04 Å². The van der Waals surface area contributed by atoms with E-state index in [1.807, 2.05) is 18.5 Å². The van der Waals surface area contributed by atoms with Crippen molar-refractivity contribution in [2.45, 2.75) is 13.0 Å². The molecule has 3 rings (SSSR count). The first-order valence-corrected chi connectivity index (χ1v) is 6.78.